The molecule has 0 spiro atoms. The maximum Gasteiger partial charge on any atom is 0.0758 e. The van der Waals surface area contributed by atoms with Gasteiger partial charge in [0, 0.05) is 26.4 Å². The quantitative estimate of drug-likeness (QED) is 0.656. The first-order chi connectivity index (χ1) is 7.74. The van der Waals surface area contributed by atoms with Crippen molar-refractivity contribution in [3.8, 4) is 0 Å². The highest BCUT2D eigenvalue weighted by Gasteiger charge is 2.38. The first-order valence-electron chi connectivity index (χ1n) is 6.52. The van der Waals surface area contributed by atoms with Crippen molar-refractivity contribution < 1.29 is 9.47 Å². The van der Waals surface area contributed by atoms with Gasteiger partial charge in [-0.25, -0.2) is 0 Å². The Kier molecular flexibility index (Phi) is 6.32. The zero-order valence-electron chi connectivity index (χ0n) is 11.2. The highest BCUT2D eigenvalue weighted by atomic mass is 16.5. The summed E-state index contributed by atoms with van der Waals surface area (Å²) < 4.78 is 11.1. The minimum absolute atomic E-state index is 0.391. The van der Waals surface area contributed by atoms with Crippen LogP contribution in [-0.2, 0) is 9.47 Å². The lowest BCUT2D eigenvalue weighted by molar-refractivity contribution is 0.00324. The normalized spacial score (nSPS) is 21.8. The predicted octanol–water partition coefficient (Wildman–Crippen LogP) is 2.06. The van der Waals surface area contributed by atoms with Crippen molar-refractivity contribution in [1.82, 2.24) is 5.32 Å². The van der Waals surface area contributed by atoms with E-state index in [1.807, 2.05) is 7.05 Å². The number of ether oxygens (including phenoxy) is 2. The lowest BCUT2D eigenvalue weighted by atomic mass is 9.91. The molecule has 3 atom stereocenters. The van der Waals surface area contributed by atoms with Crippen molar-refractivity contribution in [3.05, 3.63) is 0 Å². The van der Waals surface area contributed by atoms with Crippen molar-refractivity contribution >= 4 is 0 Å². The van der Waals surface area contributed by atoms with E-state index in [4.69, 9.17) is 9.47 Å². The van der Waals surface area contributed by atoms with E-state index in [1.54, 1.807) is 7.11 Å². The van der Waals surface area contributed by atoms with Crippen LogP contribution in [0.25, 0.3) is 0 Å². The molecule has 16 heavy (non-hydrogen) atoms. The third-order valence-corrected chi connectivity index (χ3v) is 3.52. The Balaban J connectivity index is 2.47. The van der Waals surface area contributed by atoms with Gasteiger partial charge in [0.2, 0.25) is 0 Å². The van der Waals surface area contributed by atoms with Crippen LogP contribution in [0.2, 0.25) is 0 Å². The summed E-state index contributed by atoms with van der Waals surface area (Å²) in [6.45, 7) is 6.02. The molecule has 1 saturated carbocycles. The molecule has 96 valence electrons. The summed E-state index contributed by atoms with van der Waals surface area (Å²) in [7, 11) is 3.81. The van der Waals surface area contributed by atoms with Crippen LogP contribution in [0, 0.1) is 11.8 Å². The predicted molar refractivity (Wildman–Crippen MR) is 66.6 cm³/mol. The van der Waals surface area contributed by atoms with Crippen molar-refractivity contribution in [2.24, 2.45) is 11.8 Å². The molecular formula is C13H27NO2. The third kappa shape index (κ3) is 4.04. The van der Waals surface area contributed by atoms with E-state index in [1.165, 1.54) is 12.8 Å². The highest BCUT2D eigenvalue weighted by Crippen LogP contribution is 2.37. The first kappa shape index (κ1) is 13.9. The summed E-state index contributed by atoms with van der Waals surface area (Å²) in [6, 6.07) is 0.461. The Hall–Kier alpha value is -0.120. The average molecular weight is 229 g/mol. The molecule has 0 saturated heterocycles. The zero-order chi connectivity index (χ0) is 12.0. The molecule has 0 aromatic rings. The van der Waals surface area contributed by atoms with Crippen molar-refractivity contribution in [2.75, 3.05) is 27.4 Å². The van der Waals surface area contributed by atoms with Crippen LogP contribution >= 0.6 is 0 Å². The average Bonchev–Trinajstić information content (AvgIpc) is 3.10. The smallest absolute Gasteiger partial charge is 0.0758 e. The molecule has 0 aliphatic heterocycles. The Morgan fingerprint density at radius 3 is 2.50 bits per heavy atom. The van der Waals surface area contributed by atoms with Crippen LogP contribution in [0.3, 0.4) is 0 Å². The third-order valence-electron chi connectivity index (χ3n) is 3.52. The summed E-state index contributed by atoms with van der Waals surface area (Å²) in [6.07, 6.45) is 4.15. The molecule has 3 heteroatoms. The maximum atomic E-state index is 5.92. The van der Waals surface area contributed by atoms with E-state index in [-0.39, 0.29) is 0 Å². The summed E-state index contributed by atoms with van der Waals surface area (Å²) in [5.74, 6) is 1.38. The maximum absolute atomic E-state index is 5.92. The zero-order valence-corrected chi connectivity index (χ0v) is 11.2. The van der Waals surface area contributed by atoms with Gasteiger partial charge < -0.3 is 14.8 Å². The molecule has 1 aliphatic carbocycles. The molecule has 0 amide bonds. The molecule has 0 radical (unpaired) electrons. The summed E-state index contributed by atoms with van der Waals surface area (Å²) in [5, 5.41) is 3.44. The van der Waals surface area contributed by atoms with Gasteiger partial charge >= 0.3 is 0 Å². The second-order valence-corrected chi connectivity index (χ2v) is 4.83. The van der Waals surface area contributed by atoms with Gasteiger partial charge in [-0.2, -0.15) is 0 Å². The molecule has 1 fully saturated rings. The van der Waals surface area contributed by atoms with Crippen LogP contribution in [0.4, 0.5) is 0 Å². The van der Waals surface area contributed by atoms with Crippen molar-refractivity contribution in [1.29, 1.82) is 0 Å². The molecule has 1 N–H and O–H groups in total. The van der Waals surface area contributed by atoms with Gasteiger partial charge in [-0.15, -0.1) is 0 Å². The monoisotopic (exact) mass is 229 g/mol. The Bertz CT molecular complexity index is 183. The fraction of sp³-hybridized carbons (Fsp3) is 1.00. The number of hydrogen-bond donors (Lipinski definition) is 1. The molecular weight excluding hydrogens is 202 g/mol. The minimum atomic E-state index is 0.391. The van der Waals surface area contributed by atoms with Crippen LogP contribution in [0.1, 0.15) is 33.1 Å². The minimum Gasteiger partial charge on any atom is -0.385 e. The SMILES string of the molecule is CCOC(C1CC1)C(NC)C(C)CCOC. The number of methoxy groups -OCH3 is 1. The molecule has 0 aromatic carbocycles. The van der Waals surface area contributed by atoms with Gasteiger partial charge in [0.25, 0.3) is 0 Å². The number of rotatable bonds is 9. The molecule has 1 aliphatic rings. The summed E-state index contributed by atoms with van der Waals surface area (Å²) >= 11 is 0. The van der Waals surface area contributed by atoms with Gasteiger partial charge in [-0.3, -0.25) is 0 Å². The second-order valence-electron chi connectivity index (χ2n) is 4.83. The Morgan fingerprint density at radius 1 is 1.38 bits per heavy atom. The van der Waals surface area contributed by atoms with Gasteiger partial charge in [0.15, 0.2) is 0 Å². The van der Waals surface area contributed by atoms with E-state index in [9.17, 15) is 0 Å². The lowest BCUT2D eigenvalue weighted by Crippen LogP contribution is -2.45. The first-order valence-corrected chi connectivity index (χ1v) is 6.52. The fourth-order valence-electron chi connectivity index (χ4n) is 2.41. The van der Waals surface area contributed by atoms with Gasteiger partial charge in [-0.1, -0.05) is 6.92 Å². The molecule has 3 nitrogen and oxygen atoms in total. The standard InChI is InChI=1S/C13H27NO2/c1-5-16-13(11-6-7-11)12(14-3)10(2)8-9-15-4/h10-14H,5-9H2,1-4H3. The van der Waals surface area contributed by atoms with E-state index in [2.05, 4.69) is 19.2 Å². The number of nitrogens with one attached hydrogen (secondary N) is 1. The van der Waals surface area contributed by atoms with E-state index in [0.717, 1.165) is 25.6 Å². The number of likely N-dealkylation sites (N-methyl/N-ethyl adjacent to an activating group) is 1. The van der Waals surface area contributed by atoms with E-state index < -0.39 is 0 Å². The van der Waals surface area contributed by atoms with Gasteiger partial charge in [-0.05, 0) is 45.1 Å². The molecule has 0 bridgehead atoms. The van der Waals surface area contributed by atoms with E-state index >= 15 is 0 Å². The van der Waals surface area contributed by atoms with Crippen LogP contribution in [0.15, 0.2) is 0 Å². The number of hydrogen-bond acceptors (Lipinski definition) is 3. The van der Waals surface area contributed by atoms with E-state index in [0.29, 0.717) is 18.1 Å². The Morgan fingerprint density at radius 2 is 2.06 bits per heavy atom. The van der Waals surface area contributed by atoms with Crippen LogP contribution in [-0.4, -0.2) is 39.5 Å². The van der Waals surface area contributed by atoms with Crippen LogP contribution < -0.4 is 5.32 Å². The lowest BCUT2D eigenvalue weighted by Gasteiger charge is -2.31. The largest absolute Gasteiger partial charge is 0.385 e. The molecule has 0 heterocycles. The van der Waals surface area contributed by atoms with Gasteiger partial charge in [0.05, 0.1) is 6.10 Å². The highest BCUT2D eigenvalue weighted by molar-refractivity contribution is 4.92. The van der Waals surface area contributed by atoms with Crippen molar-refractivity contribution in [2.45, 2.75) is 45.3 Å². The molecule has 1 rings (SSSR count). The molecule has 3 unspecified atom stereocenters. The second kappa shape index (κ2) is 7.25. The Labute approximate surface area is 99.9 Å². The summed E-state index contributed by atoms with van der Waals surface area (Å²) in [4.78, 5) is 0. The summed E-state index contributed by atoms with van der Waals surface area (Å²) in [5.41, 5.74) is 0. The van der Waals surface area contributed by atoms with Crippen molar-refractivity contribution in [3.63, 3.8) is 0 Å². The van der Waals surface area contributed by atoms with Crippen LogP contribution in [0.5, 0.6) is 0 Å². The molecule has 0 aromatic heterocycles. The topological polar surface area (TPSA) is 30.5 Å². The van der Waals surface area contributed by atoms with Gasteiger partial charge in [0.1, 0.15) is 0 Å². The fourth-order valence-corrected chi connectivity index (χ4v) is 2.41.